The predicted octanol–water partition coefficient (Wildman–Crippen LogP) is 0.663. The van der Waals surface area contributed by atoms with Gasteiger partial charge in [0.15, 0.2) is 17.5 Å². The van der Waals surface area contributed by atoms with Gasteiger partial charge in [-0.1, -0.05) is 6.07 Å². The molecule has 5 heteroatoms. The van der Waals surface area contributed by atoms with Crippen LogP contribution in [0, 0.1) is 0 Å². The topological polar surface area (TPSA) is 68.9 Å². The number of guanidine groups is 1. The second-order valence-electron chi connectivity index (χ2n) is 3.54. The number of hydrogen-bond donors (Lipinski definition) is 2. The zero-order chi connectivity index (χ0) is 11.5. The van der Waals surface area contributed by atoms with Crippen LogP contribution in [0.3, 0.4) is 0 Å². The van der Waals surface area contributed by atoms with E-state index in [1.54, 1.807) is 14.2 Å². The molecule has 1 aromatic rings. The Morgan fingerprint density at radius 2 is 2.06 bits per heavy atom. The quantitative estimate of drug-likeness (QED) is 0.786. The Bertz CT molecular complexity index is 418. The molecular weight excluding hydrogens is 206 g/mol. The summed E-state index contributed by atoms with van der Waals surface area (Å²) in [6, 6.07) is 5.92. The maximum Gasteiger partial charge on any atom is 0.189 e. The van der Waals surface area contributed by atoms with E-state index in [0.29, 0.717) is 18.3 Å². The van der Waals surface area contributed by atoms with Crippen molar-refractivity contribution < 1.29 is 9.47 Å². The molecule has 0 saturated heterocycles. The van der Waals surface area contributed by atoms with Crippen molar-refractivity contribution >= 4 is 5.96 Å². The molecule has 0 fully saturated rings. The first-order valence-corrected chi connectivity index (χ1v) is 5.03. The van der Waals surface area contributed by atoms with Gasteiger partial charge in [-0.15, -0.1) is 0 Å². The van der Waals surface area contributed by atoms with Gasteiger partial charge in [0.05, 0.1) is 26.8 Å². The van der Waals surface area contributed by atoms with Gasteiger partial charge in [-0.3, -0.25) is 4.99 Å². The number of nitrogens with zero attached hydrogens (tertiary/aromatic N) is 1. The maximum absolute atomic E-state index is 5.57. The predicted molar refractivity (Wildman–Crippen MR) is 61.9 cm³/mol. The van der Waals surface area contributed by atoms with Crippen molar-refractivity contribution in [2.75, 3.05) is 20.8 Å². The molecule has 1 aliphatic heterocycles. The molecule has 3 N–H and O–H groups in total. The molecular formula is C11H15N3O2. The number of benzene rings is 1. The van der Waals surface area contributed by atoms with E-state index < -0.39 is 0 Å². The van der Waals surface area contributed by atoms with E-state index in [1.165, 1.54) is 0 Å². The first kappa shape index (κ1) is 10.6. The Hall–Kier alpha value is -1.91. The molecule has 0 amide bonds. The summed E-state index contributed by atoms with van der Waals surface area (Å²) in [6.07, 6.45) is 0. The van der Waals surface area contributed by atoms with Crippen molar-refractivity contribution in [1.82, 2.24) is 5.32 Å². The fourth-order valence-electron chi connectivity index (χ4n) is 1.72. The van der Waals surface area contributed by atoms with Crippen LogP contribution < -0.4 is 20.5 Å². The molecule has 1 atom stereocenters. The van der Waals surface area contributed by atoms with Gasteiger partial charge >= 0.3 is 0 Å². The van der Waals surface area contributed by atoms with Gasteiger partial charge in [-0.05, 0) is 17.7 Å². The number of hydrogen-bond acceptors (Lipinski definition) is 5. The van der Waals surface area contributed by atoms with Crippen LogP contribution in [0.4, 0.5) is 0 Å². The third-order valence-electron chi connectivity index (χ3n) is 2.58. The molecule has 86 valence electrons. The van der Waals surface area contributed by atoms with Crippen LogP contribution >= 0.6 is 0 Å². The van der Waals surface area contributed by atoms with E-state index in [2.05, 4.69) is 10.3 Å². The lowest BCUT2D eigenvalue weighted by molar-refractivity contribution is 0.354. The van der Waals surface area contributed by atoms with Crippen LogP contribution in [-0.4, -0.2) is 26.7 Å². The fourth-order valence-corrected chi connectivity index (χ4v) is 1.72. The Balaban J connectivity index is 2.23. The van der Waals surface area contributed by atoms with Crippen molar-refractivity contribution in [3.63, 3.8) is 0 Å². The second kappa shape index (κ2) is 4.30. The Morgan fingerprint density at radius 1 is 1.31 bits per heavy atom. The average molecular weight is 221 g/mol. The first-order valence-electron chi connectivity index (χ1n) is 5.03. The van der Waals surface area contributed by atoms with E-state index in [0.717, 1.165) is 11.3 Å². The highest BCUT2D eigenvalue weighted by molar-refractivity contribution is 5.80. The van der Waals surface area contributed by atoms with Crippen LogP contribution in [-0.2, 0) is 0 Å². The fraction of sp³-hybridized carbons (Fsp3) is 0.364. The summed E-state index contributed by atoms with van der Waals surface area (Å²) in [5, 5.41) is 3.09. The van der Waals surface area contributed by atoms with Crippen LogP contribution in [0.5, 0.6) is 11.5 Å². The number of nitrogens with one attached hydrogen (secondary N) is 1. The van der Waals surface area contributed by atoms with Crippen LogP contribution in [0.2, 0.25) is 0 Å². The molecule has 1 unspecified atom stereocenters. The molecule has 0 radical (unpaired) electrons. The highest BCUT2D eigenvalue weighted by Crippen LogP contribution is 2.30. The van der Waals surface area contributed by atoms with Crippen molar-refractivity contribution in [2.45, 2.75) is 6.04 Å². The molecule has 0 spiro atoms. The number of nitrogens with two attached hydrogens (primary N) is 1. The molecule has 0 bridgehead atoms. The molecule has 1 aliphatic rings. The van der Waals surface area contributed by atoms with Crippen LogP contribution in [0.1, 0.15) is 11.6 Å². The molecule has 1 aromatic carbocycles. The smallest absolute Gasteiger partial charge is 0.189 e. The van der Waals surface area contributed by atoms with Crippen molar-refractivity contribution in [3.05, 3.63) is 23.8 Å². The molecule has 5 nitrogen and oxygen atoms in total. The van der Waals surface area contributed by atoms with Crippen molar-refractivity contribution in [2.24, 2.45) is 10.7 Å². The van der Waals surface area contributed by atoms with E-state index in [9.17, 15) is 0 Å². The van der Waals surface area contributed by atoms with Crippen molar-refractivity contribution in [3.8, 4) is 11.5 Å². The van der Waals surface area contributed by atoms with Gasteiger partial charge < -0.3 is 20.5 Å². The number of methoxy groups -OCH3 is 2. The lowest BCUT2D eigenvalue weighted by Crippen LogP contribution is -2.29. The third kappa shape index (κ3) is 1.88. The Kier molecular flexibility index (Phi) is 2.85. The summed E-state index contributed by atoms with van der Waals surface area (Å²) in [5.74, 6) is 1.92. The Labute approximate surface area is 94.3 Å². The summed E-state index contributed by atoms with van der Waals surface area (Å²) >= 11 is 0. The van der Waals surface area contributed by atoms with Crippen molar-refractivity contribution in [1.29, 1.82) is 0 Å². The number of rotatable bonds is 3. The summed E-state index contributed by atoms with van der Waals surface area (Å²) in [4.78, 5) is 4.10. The minimum absolute atomic E-state index is 0.125. The monoisotopic (exact) mass is 221 g/mol. The largest absolute Gasteiger partial charge is 0.493 e. The van der Waals surface area contributed by atoms with E-state index in [1.807, 2.05) is 18.2 Å². The zero-order valence-corrected chi connectivity index (χ0v) is 9.36. The lowest BCUT2D eigenvalue weighted by Gasteiger charge is -2.14. The van der Waals surface area contributed by atoms with E-state index in [4.69, 9.17) is 15.2 Å². The molecule has 1 heterocycles. The molecule has 2 rings (SSSR count). The highest BCUT2D eigenvalue weighted by Gasteiger charge is 2.18. The van der Waals surface area contributed by atoms with Gasteiger partial charge in [-0.25, -0.2) is 0 Å². The third-order valence-corrected chi connectivity index (χ3v) is 2.58. The number of aliphatic imine (C=N–C) groups is 1. The highest BCUT2D eigenvalue weighted by atomic mass is 16.5. The molecule has 16 heavy (non-hydrogen) atoms. The normalized spacial score (nSPS) is 18.9. The molecule has 0 saturated carbocycles. The molecule has 0 aliphatic carbocycles. The standard InChI is InChI=1S/C11H15N3O2/c1-15-9-4-3-7(5-10(9)16-2)8-6-13-11(12)14-8/h3-5,8H,6H2,1-2H3,(H3,12,13,14). The van der Waals surface area contributed by atoms with E-state index in [-0.39, 0.29) is 6.04 Å². The summed E-state index contributed by atoms with van der Waals surface area (Å²) in [7, 11) is 3.24. The van der Waals surface area contributed by atoms with E-state index >= 15 is 0 Å². The van der Waals surface area contributed by atoms with Gasteiger partial charge in [-0.2, -0.15) is 0 Å². The lowest BCUT2D eigenvalue weighted by atomic mass is 10.1. The van der Waals surface area contributed by atoms with Crippen LogP contribution in [0.25, 0.3) is 0 Å². The summed E-state index contributed by atoms with van der Waals surface area (Å²) in [6.45, 7) is 0.654. The minimum atomic E-state index is 0.125. The Morgan fingerprint density at radius 3 is 2.62 bits per heavy atom. The first-order chi connectivity index (χ1) is 7.74. The zero-order valence-electron chi connectivity index (χ0n) is 9.36. The number of ether oxygens (including phenoxy) is 2. The van der Waals surface area contributed by atoms with Gasteiger partial charge in [0.25, 0.3) is 0 Å². The maximum atomic E-state index is 5.57. The van der Waals surface area contributed by atoms with Gasteiger partial charge in [0, 0.05) is 0 Å². The summed E-state index contributed by atoms with van der Waals surface area (Å²) in [5.41, 5.74) is 6.66. The minimum Gasteiger partial charge on any atom is -0.493 e. The SMILES string of the molecule is COc1ccc(C2CN=C(N)N2)cc1OC. The average Bonchev–Trinajstić information content (AvgIpc) is 2.75. The second-order valence-corrected chi connectivity index (χ2v) is 3.54. The van der Waals surface area contributed by atoms with Gasteiger partial charge in [0.1, 0.15) is 0 Å². The summed E-state index contributed by atoms with van der Waals surface area (Å²) < 4.78 is 10.4. The molecule has 0 aromatic heterocycles. The van der Waals surface area contributed by atoms with Crippen LogP contribution in [0.15, 0.2) is 23.2 Å². The van der Waals surface area contributed by atoms with Gasteiger partial charge in [0.2, 0.25) is 0 Å².